The van der Waals surface area contributed by atoms with E-state index in [0.717, 1.165) is 10.6 Å². The molecule has 0 unspecified atom stereocenters. The Morgan fingerprint density at radius 2 is 1.71 bits per heavy atom. The molecular weight excluding hydrogens is 424 g/mol. The molecule has 1 fully saturated rings. The molecule has 2 aromatic rings. The van der Waals surface area contributed by atoms with Gasteiger partial charge in [-0.15, -0.1) is 10.2 Å². The minimum absolute atomic E-state index is 0.116. The van der Waals surface area contributed by atoms with E-state index in [2.05, 4.69) is 15.1 Å². The number of nitrogens with zero attached hydrogens (tertiary/aromatic N) is 4. The number of hydrogen-bond acceptors (Lipinski definition) is 4. The summed E-state index contributed by atoms with van der Waals surface area (Å²) in [7, 11) is 0. The highest BCUT2D eigenvalue weighted by atomic mass is 19.4. The van der Waals surface area contributed by atoms with Crippen LogP contribution in [0, 0.1) is 0 Å². The van der Waals surface area contributed by atoms with Crippen LogP contribution in [0.15, 0.2) is 24.3 Å². The average Bonchev–Trinajstić information content (AvgIpc) is 3.17. The third-order valence-corrected chi connectivity index (χ3v) is 6.66. The van der Waals surface area contributed by atoms with E-state index in [1.165, 1.54) is 12.1 Å². The Labute approximate surface area is 175 Å². The predicted octanol–water partition coefficient (Wildman–Crippen LogP) is 3.97. The SMILES string of the molecule is NC[C@]1(c2cccc(C(F)(F)F)c2)CC[C@H](N2CCn3c(nnc3C(F)(F)F)C2)CC1. The third kappa shape index (κ3) is 4.17. The van der Waals surface area contributed by atoms with E-state index in [4.69, 9.17) is 5.73 Å². The van der Waals surface area contributed by atoms with Crippen LogP contribution < -0.4 is 5.73 Å². The van der Waals surface area contributed by atoms with Crippen molar-refractivity contribution in [2.45, 2.75) is 62.6 Å². The minimum atomic E-state index is -4.54. The molecular formula is C20H23F6N5. The standard InChI is InChI=1S/C20H23F6N5/c21-19(22,23)14-3-1-2-13(10-14)18(12-27)6-4-15(5-7-18)30-8-9-31-16(11-30)28-29-17(31)20(24,25)26/h1-3,10,15H,4-9,11-12,27H2/t15-,18-. The number of rotatable bonds is 3. The Morgan fingerprint density at radius 3 is 2.32 bits per heavy atom. The molecule has 0 spiro atoms. The number of aromatic nitrogens is 3. The van der Waals surface area contributed by atoms with E-state index in [0.29, 0.717) is 37.8 Å². The Hall–Kier alpha value is -2.14. The molecule has 1 saturated carbocycles. The summed E-state index contributed by atoms with van der Waals surface area (Å²) in [5, 5.41) is 7.02. The highest BCUT2D eigenvalue weighted by Gasteiger charge is 2.42. The second kappa shape index (κ2) is 7.77. The second-order valence-electron chi connectivity index (χ2n) is 8.35. The van der Waals surface area contributed by atoms with Gasteiger partial charge in [0.15, 0.2) is 0 Å². The Kier molecular flexibility index (Phi) is 5.53. The van der Waals surface area contributed by atoms with Crippen LogP contribution in [-0.2, 0) is 30.9 Å². The summed E-state index contributed by atoms with van der Waals surface area (Å²) < 4.78 is 79.6. The van der Waals surface area contributed by atoms with Gasteiger partial charge in [-0.05, 0) is 37.3 Å². The topological polar surface area (TPSA) is 60.0 Å². The van der Waals surface area contributed by atoms with E-state index in [-0.39, 0.29) is 31.5 Å². The molecule has 2 N–H and O–H groups in total. The lowest BCUT2D eigenvalue weighted by Gasteiger charge is -2.44. The van der Waals surface area contributed by atoms with E-state index < -0.39 is 29.2 Å². The summed E-state index contributed by atoms with van der Waals surface area (Å²) in [6.45, 7) is 1.11. The summed E-state index contributed by atoms with van der Waals surface area (Å²) in [4.78, 5) is 2.09. The Morgan fingerprint density at radius 1 is 1.00 bits per heavy atom. The summed E-state index contributed by atoms with van der Waals surface area (Å²) in [5.74, 6) is -0.690. The third-order valence-electron chi connectivity index (χ3n) is 6.66. The van der Waals surface area contributed by atoms with Crippen molar-refractivity contribution in [1.82, 2.24) is 19.7 Å². The van der Waals surface area contributed by atoms with Crippen LogP contribution in [0.2, 0.25) is 0 Å². The summed E-state index contributed by atoms with van der Waals surface area (Å²) >= 11 is 0. The summed E-state index contributed by atoms with van der Waals surface area (Å²) in [5.41, 5.74) is 5.42. The first-order valence-corrected chi connectivity index (χ1v) is 10.1. The second-order valence-corrected chi connectivity index (χ2v) is 8.35. The van der Waals surface area contributed by atoms with E-state index in [1.54, 1.807) is 6.07 Å². The van der Waals surface area contributed by atoms with Gasteiger partial charge in [0.2, 0.25) is 5.82 Å². The maximum atomic E-state index is 13.1. The quantitative estimate of drug-likeness (QED) is 0.724. The maximum absolute atomic E-state index is 13.1. The first-order chi connectivity index (χ1) is 14.5. The molecule has 2 aliphatic rings. The van der Waals surface area contributed by atoms with Gasteiger partial charge >= 0.3 is 12.4 Å². The minimum Gasteiger partial charge on any atom is -0.330 e. The van der Waals surface area contributed by atoms with Gasteiger partial charge in [0.1, 0.15) is 5.82 Å². The number of hydrogen-bond donors (Lipinski definition) is 1. The molecule has 1 aliphatic carbocycles. The van der Waals surface area contributed by atoms with Crippen LogP contribution in [0.3, 0.4) is 0 Å². The molecule has 1 aromatic carbocycles. The lowest BCUT2D eigenvalue weighted by atomic mass is 9.67. The Bertz CT molecular complexity index is 927. The van der Waals surface area contributed by atoms with Crippen molar-refractivity contribution in [3.63, 3.8) is 0 Å². The van der Waals surface area contributed by atoms with Crippen molar-refractivity contribution in [3.8, 4) is 0 Å². The van der Waals surface area contributed by atoms with Crippen molar-refractivity contribution in [2.75, 3.05) is 13.1 Å². The fourth-order valence-electron chi connectivity index (χ4n) is 4.85. The molecule has 5 nitrogen and oxygen atoms in total. The number of benzene rings is 1. The molecule has 0 radical (unpaired) electrons. The molecule has 0 bridgehead atoms. The summed E-state index contributed by atoms with van der Waals surface area (Å²) in [6, 6.07) is 5.47. The van der Waals surface area contributed by atoms with Crippen LogP contribution in [0.25, 0.3) is 0 Å². The molecule has 170 valence electrons. The zero-order valence-corrected chi connectivity index (χ0v) is 16.7. The van der Waals surface area contributed by atoms with Gasteiger partial charge in [-0.1, -0.05) is 18.2 Å². The van der Waals surface area contributed by atoms with Crippen molar-refractivity contribution in [3.05, 3.63) is 47.0 Å². The smallest absolute Gasteiger partial charge is 0.330 e. The number of fused-ring (bicyclic) bond motifs is 1. The van der Waals surface area contributed by atoms with E-state index in [1.807, 2.05) is 0 Å². The van der Waals surface area contributed by atoms with Crippen molar-refractivity contribution in [1.29, 1.82) is 0 Å². The van der Waals surface area contributed by atoms with Crippen LogP contribution in [0.4, 0.5) is 26.3 Å². The van der Waals surface area contributed by atoms with E-state index in [9.17, 15) is 26.3 Å². The molecule has 1 aromatic heterocycles. The molecule has 1 aliphatic heterocycles. The molecule has 2 heterocycles. The van der Waals surface area contributed by atoms with Gasteiger partial charge in [0, 0.05) is 31.1 Å². The summed E-state index contributed by atoms with van der Waals surface area (Å²) in [6.07, 6.45) is -6.31. The highest BCUT2D eigenvalue weighted by molar-refractivity contribution is 5.33. The number of nitrogens with two attached hydrogens (primary N) is 1. The normalized spacial score (nSPS) is 25.5. The average molecular weight is 447 g/mol. The van der Waals surface area contributed by atoms with Crippen LogP contribution >= 0.6 is 0 Å². The molecule has 0 atom stereocenters. The van der Waals surface area contributed by atoms with E-state index >= 15 is 0 Å². The van der Waals surface area contributed by atoms with Crippen LogP contribution in [0.5, 0.6) is 0 Å². The number of alkyl halides is 6. The van der Waals surface area contributed by atoms with Gasteiger partial charge in [-0.25, -0.2) is 0 Å². The first-order valence-electron chi connectivity index (χ1n) is 10.1. The largest absolute Gasteiger partial charge is 0.451 e. The fraction of sp³-hybridized carbons (Fsp3) is 0.600. The van der Waals surface area contributed by atoms with Crippen LogP contribution in [-0.4, -0.2) is 38.8 Å². The lowest BCUT2D eigenvalue weighted by Crippen LogP contribution is -2.48. The van der Waals surface area contributed by atoms with Gasteiger partial charge < -0.3 is 10.3 Å². The van der Waals surface area contributed by atoms with Crippen molar-refractivity contribution >= 4 is 0 Å². The number of halogens is 6. The zero-order chi connectivity index (χ0) is 22.4. The predicted molar refractivity (Wildman–Crippen MR) is 99.9 cm³/mol. The van der Waals surface area contributed by atoms with Crippen molar-refractivity contribution in [2.24, 2.45) is 5.73 Å². The Balaban J connectivity index is 1.46. The van der Waals surface area contributed by atoms with Crippen LogP contribution in [0.1, 0.15) is 48.5 Å². The molecule has 0 saturated heterocycles. The lowest BCUT2D eigenvalue weighted by molar-refractivity contribution is -0.148. The highest BCUT2D eigenvalue weighted by Crippen LogP contribution is 2.42. The van der Waals surface area contributed by atoms with Gasteiger partial charge in [-0.3, -0.25) is 4.90 Å². The van der Waals surface area contributed by atoms with Gasteiger partial charge in [0.05, 0.1) is 12.1 Å². The van der Waals surface area contributed by atoms with Crippen molar-refractivity contribution < 1.29 is 26.3 Å². The maximum Gasteiger partial charge on any atom is 0.451 e. The van der Waals surface area contributed by atoms with Gasteiger partial charge in [-0.2, -0.15) is 26.3 Å². The molecule has 31 heavy (non-hydrogen) atoms. The van der Waals surface area contributed by atoms with Gasteiger partial charge in [0.25, 0.3) is 0 Å². The fourth-order valence-corrected chi connectivity index (χ4v) is 4.85. The molecule has 0 amide bonds. The molecule has 11 heteroatoms. The monoisotopic (exact) mass is 447 g/mol. The first kappa shape index (κ1) is 22.1. The zero-order valence-electron chi connectivity index (χ0n) is 16.7. The molecule has 4 rings (SSSR count).